The molecule has 2 aliphatic carbocycles. The summed E-state index contributed by atoms with van der Waals surface area (Å²) >= 11 is 0. The van der Waals surface area contributed by atoms with Crippen LogP contribution in [0.3, 0.4) is 0 Å². The molecule has 2 fully saturated rings. The third-order valence-corrected chi connectivity index (χ3v) is 5.98. The van der Waals surface area contributed by atoms with Crippen LogP contribution in [0.4, 0.5) is 0 Å². The third-order valence-electron chi connectivity index (χ3n) is 5.98. The monoisotopic (exact) mass is 338 g/mol. The Hall–Kier alpha value is -2.01. The second kappa shape index (κ2) is 6.06. The fraction of sp³-hybridized carbons (Fsp3) is 0.550. The van der Waals surface area contributed by atoms with Gasteiger partial charge in [0.2, 0.25) is 0 Å². The normalized spacial score (nSPS) is 21.1. The van der Waals surface area contributed by atoms with Gasteiger partial charge in [0.25, 0.3) is 5.56 Å². The van der Waals surface area contributed by atoms with Gasteiger partial charge in [-0.15, -0.1) is 0 Å². The molecule has 1 aliphatic heterocycles. The Kier molecular flexibility index (Phi) is 3.70. The van der Waals surface area contributed by atoms with Crippen molar-refractivity contribution in [2.75, 3.05) is 13.1 Å². The molecule has 2 aromatic heterocycles. The first kappa shape index (κ1) is 15.3. The number of aromatic amines is 3. The minimum Gasteiger partial charge on any atom is -0.358 e. The van der Waals surface area contributed by atoms with Crippen LogP contribution in [0.25, 0.3) is 11.6 Å². The predicted octanol–water partition coefficient (Wildman–Crippen LogP) is 1.28. The topological polar surface area (TPSA) is 67.7 Å². The van der Waals surface area contributed by atoms with Gasteiger partial charge in [-0.05, 0) is 87.2 Å². The highest BCUT2D eigenvalue weighted by atomic mass is 16.1. The van der Waals surface area contributed by atoms with Crippen LogP contribution < -0.4 is 16.1 Å². The van der Waals surface area contributed by atoms with E-state index in [9.17, 15) is 4.79 Å². The number of aromatic nitrogens is 3. The van der Waals surface area contributed by atoms with Crippen LogP contribution in [0, 0.1) is 0 Å². The Morgan fingerprint density at radius 2 is 1.76 bits per heavy atom. The average Bonchev–Trinajstić information content (AvgIpc) is 3.06. The zero-order chi connectivity index (χ0) is 16.8. The molecule has 0 unspecified atom stereocenters. The molecule has 132 valence electrons. The summed E-state index contributed by atoms with van der Waals surface area (Å²) in [5, 5.41) is 7.67. The molecule has 25 heavy (non-hydrogen) atoms. The highest BCUT2D eigenvalue weighted by Crippen LogP contribution is 2.29. The lowest BCUT2D eigenvalue weighted by Crippen LogP contribution is -2.33. The summed E-state index contributed by atoms with van der Waals surface area (Å²) in [6.07, 6.45) is 11.8. The number of nitrogens with zero attached hydrogens (tertiary/aromatic N) is 1. The van der Waals surface area contributed by atoms with Crippen molar-refractivity contribution < 1.29 is 0 Å². The van der Waals surface area contributed by atoms with Gasteiger partial charge in [0.05, 0.1) is 10.6 Å². The van der Waals surface area contributed by atoms with Gasteiger partial charge in [0.1, 0.15) is 0 Å². The van der Waals surface area contributed by atoms with E-state index in [1.807, 2.05) is 0 Å². The summed E-state index contributed by atoms with van der Waals surface area (Å²) in [6, 6.07) is 0. The van der Waals surface area contributed by atoms with E-state index < -0.39 is 0 Å². The first-order chi connectivity index (χ1) is 12.3. The molecule has 1 saturated carbocycles. The molecule has 0 spiro atoms. The number of aryl methyl sites for hydroxylation is 1. The fourth-order valence-corrected chi connectivity index (χ4v) is 4.49. The third kappa shape index (κ3) is 2.80. The highest BCUT2D eigenvalue weighted by molar-refractivity contribution is 5.60. The van der Waals surface area contributed by atoms with E-state index in [1.165, 1.54) is 67.6 Å². The molecular formula is C20H26N4O. The molecule has 0 bridgehead atoms. The lowest BCUT2D eigenvalue weighted by atomic mass is 9.94. The number of likely N-dealkylation sites (tertiary alicyclic amines) is 1. The van der Waals surface area contributed by atoms with E-state index >= 15 is 0 Å². The Labute approximate surface area is 146 Å². The van der Waals surface area contributed by atoms with E-state index in [-0.39, 0.29) is 5.56 Å². The smallest absolute Gasteiger partial charge is 0.271 e. The van der Waals surface area contributed by atoms with Crippen molar-refractivity contribution in [1.82, 2.24) is 20.1 Å². The average molecular weight is 338 g/mol. The predicted molar refractivity (Wildman–Crippen MR) is 98.8 cm³/mol. The molecule has 0 atom stereocenters. The van der Waals surface area contributed by atoms with Crippen molar-refractivity contribution in [2.24, 2.45) is 0 Å². The van der Waals surface area contributed by atoms with Crippen LogP contribution in [-0.4, -0.2) is 33.2 Å². The van der Waals surface area contributed by atoms with Crippen LogP contribution in [0.1, 0.15) is 61.0 Å². The van der Waals surface area contributed by atoms with Gasteiger partial charge in [-0.25, -0.2) is 0 Å². The Morgan fingerprint density at radius 1 is 0.960 bits per heavy atom. The second-order valence-corrected chi connectivity index (χ2v) is 7.78. The van der Waals surface area contributed by atoms with Crippen molar-refractivity contribution in [3.8, 4) is 0 Å². The van der Waals surface area contributed by atoms with E-state index in [1.54, 1.807) is 0 Å². The van der Waals surface area contributed by atoms with Crippen molar-refractivity contribution in [3.63, 3.8) is 0 Å². The SMILES string of the molecule is O=c1[nH][nH]c(=C2CC2)c1=Cc1[nH]c2c(c1CN1CCCC1)CCCC2. The molecule has 0 aromatic carbocycles. The van der Waals surface area contributed by atoms with E-state index in [4.69, 9.17) is 0 Å². The summed E-state index contributed by atoms with van der Waals surface area (Å²) in [5.41, 5.74) is 6.88. The van der Waals surface area contributed by atoms with Crippen LogP contribution in [0.15, 0.2) is 4.79 Å². The molecule has 5 heteroatoms. The standard InChI is InChI=1S/C20H26N4O/c25-20-15(19(22-23-20)13-7-8-13)11-18-16(12-24-9-3-4-10-24)14-5-1-2-6-17(14)21-18/h11,21-22H,1-10,12H2,(H,23,25). The van der Waals surface area contributed by atoms with Crippen LogP contribution in [-0.2, 0) is 19.4 Å². The van der Waals surface area contributed by atoms with Gasteiger partial charge in [-0.1, -0.05) is 0 Å². The molecule has 5 rings (SSSR count). The summed E-state index contributed by atoms with van der Waals surface area (Å²) in [4.78, 5) is 18.6. The summed E-state index contributed by atoms with van der Waals surface area (Å²) in [6.45, 7) is 3.42. The van der Waals surface area contributed by atoms with Crippen LogP contribution in [0.2, 0.25) is 0 Å². The molecular weight excluding hydrogens is 312 g/mol. The van der Waals surface area contributed by atoms with Gasteiger partial charge in [-0.2, -0.15) is 0 Å². The maximum absolute atomic E-state index is 12.3. The minimum atomic E-state index is -0.00547. The molecule has 3 aliphatic rings. The lowest BCUT2D eigenvalue weighted by molar-refractivity contribution is 0.330. The Bertz CT molecular complexity index is 962. The zero-order valence-electron chi connectivity index (χ0n) is 14.7. The molecule has 3 N–H and O–H groups in total. The molecule has 1 saturated heterocycles. The van der Waals surface area contributed by atoms with E-state index in [0.29, 0.717) is 0 Å². The van der Waals surface area contributed by atoms with Gasteiger partial charge in [0, 0.05) is 17.9 Å². The van der Waals surface area contributed by atoms with Crippen molar-refractivity contribution in [2.45, 2.75) is 57.9 Å². The fourth-order valence-electron chi connectivity index (χ4n) is 4.49. The Morgan fingerprint density at radius 3 is 2.56 bits per heavy atom. The molecule has 0 amide bonds. The van der Waals surface area contributed by atoms with Crippen LogP contribution >= 0.6 is 0 Å². The maximum atomic E-state index is 12.3. The quantitative estimate of drug-likeness (QED) is 0.789. The number of H-pyrrole nitrogens is 3. The first-order valence-corrected chi connectivity index (χ1v) is 9.75. The minimum absolute atomic E-state index is 0.00547. The largest absolute Gasteiger partial charge is 0.358 e. The maximum Gasteiger partial charge on any atom is 0.271 e. The van der Waals surface area contributed by atoms with Crippen molar-refractivity contribution in [1.29, 1.82) is 0 Å². The summed E-state index contributed by atoms with van der Waals surface area (Å²) in [7, 11) is 0. The molecule has 3 heterocycles. The number of hydrogen-bond donors (Lipinski definition) is 3. The number of rotatable bonds is 3. The van der Waals surface area contributed by atoms with Gasteiger partial charge in [-0.3, -0.25) is 19.9 Å². The van der Waals surface area contributed by atoms with Gasteiger partial charge in [0.15, 0.2) is 0 Å². The zero-order valence-corrected chi connectivity index (χ0v) is 14.7. The van der Waals surface area contributed by atoms with E-state index in [0.717, 1.165) is 42.1 Å². The van der Waals surface area contributed by atoms with Gasteiger partial charge < -0.3 is 4.98 Å². The summed E-state index contributed by atoms with van der Waals surface area (Å²) in [5.74, 6) is 0. The van der Waals surface area contributed by atoms with E-state index in [2.05, 4.69) is 26.2 Å². The molecule has 2 aromatic rings. The first-order valence-electron chi connectivity index (χ1n) is 9.75. The number of fused-ring (bicyclic) bond motifs is 1. The highest BCUT2D eigenvalue weighted by Gasteiger charge is 2.22. The van der Waals surface area contributed by atoms with Crippen LogP contribution in [0.5, 0.6) is 0 Å². The van der Waals surface area contributed by atoms with Crippen molar-refractivity contribution >= 4 is 11.6 Å². The second-order valence-electron chi connectivity index (χ2n) is 7.78. The molecule has 0 radical (unpaired) electrons. The number of nitrogens with one attached hydrogen (secondary N) is 3. The van der Waals surface area contributed by atoms with Gasteiger partial charge >= 0.3 is 0 Å². The molecule has 5 nitrogen and oxygen atoms in total. The Balaban J connectivity index is 1.65. The summed E-state index contributed by atoms with van der Waals surface area (Å²) < 4.78 is 0. The van der Waals surface area contributed by atoms with Crippen molar-refractivity contribution in [3.05, 3.63) is 43.4 Å². The lowest BCUT2D eigenvalue weighted by Gasteiger charge is -2.18. The number of hydrogen-bond acceptors (Lipinski definition) is 2.